The lowest BCUT2D eigenvalue weighted by Crippen LogP contribution is -2.53. The second-order valence-corrected chi connectivity index (χ2v) is 5.50. The molecule has 2 nitrogen and oxygen atoms in total. The molecule has 1 rings (SSSR count). The highest BCUT2D eigenvalue weighted by Crippen LogP contribution is 2.44. The van der Waals surface area contributed by atoms with Gasteiger partial charge < -0.3 is 5.32 Å². The fraction of sp³-hybridized carbons (Fsp3) is 0.909. The number of rotatable bonds is 1. The predicted molar refractivity (Wildman–Crippen MR) is 54.2 cm³/mol. The minimum Gasteiger partial charge on any atom is -0.316 e. The summed E-state index contributed by atoms with van der Waals surface area (Å²) in [5.74, 6) is 0.506. The van der Waals surface area contributed by atoms with Crippen LogP contribution in [0, 0.1) is 28.1 Å². The summed E-state index contributed by atoms with van der Waals surface area (Å²) in [4.78, 5) is 0. The van der Waals surface area contributed by atoms with Gasteiger partial charge in [-0.05, 0) is 16.7 Å². The molecule has 1 fully saturated rings. The van der Waals surface area contributed by atoms with Gasteiger partial charge in [-0.3, -0.25) is 0 Å². The lowest BCUT2D eigenvalue weighted by molar-refractivity contribution is 0.0353. The van der Waals surface area contributed by atoms with Crippen molar-refractivity contribution in [3.05, 3.63) is 0 Å². The van der Waals surface area contributed by atoms with E-state index in [0.29, 0.717) is 12.3 Å². The number of hydrogen-bond acceptors (Lipinski definition) is 2. The Labute approximate surface area is 81.3 Å². The Kier molecular flexibility index (Phi) is 2.68. The van der Waals surface area contributed by atoms with Crippen LogP contribution in [0.2, 0.25) is 0 Å². The first-order chi connectivity index (χ1) is 5.90. The molecule has 74 valence electrons. The molecular weight excluding hydrogens is 160 g/mol. The normalized spacial score (nSPS) is 26.7. The van der Waals surface area contributed by atoms with Crippen molar-refractivity contribution >= 4 is 0 Å². The number of nitriles is 1. The molecule has 0 aromatic heterocycles. The van der Waals surface area contributed by atoms with Crippen LogP contribution in [-0.2, 0) is 0 Å². The summed E-state index contributed by atoms with van der Waals surface area (Å²) in [6.07, 6.45) is 0.682. The highest BCUT2D eigenvalue weighted by molar-refractivity contribution is 4.99. The third-order valence-corrected chi connectivity index (χ3v) is 3.34. The zero-order valence-corrected chi connectivity index (χ0v) is 9.15. The van der Waals surface area contributed by atoms with Crippen molar-refractivity contribution in [3.8, 4) is 6.07 Å². The molecule has 1 N–H and O–H groups in total. The molecule has 0 aliphatic carbocycles. The van der Waals surface area contributed by atoms with Crippen LogP contribution in [0.15, 0.2) is 0 Å². The maximum absolute atomic E-state index is 8.81. The fourth-order valence-electron chi connectivity index (χ4n) is 2.65. The topological polar surface area (TPSA) is 35.8 Å². The van der Waals surface area contributed by atoms with E-state index in [-0.39, 0.29) is 10.8 Å². The SMILES string of the molecule is CC1(C)CNCC(C)(C)C1CC#N. The maximum atomic E-state index is 8.81. The molecule has 1 aliphatic rings. The smallest absolute Gasteiger partial charge is 0.0625 e. The summed E-state index contributed by atoms with van der Waals surface area (Å²) in [6, 6.07) is 2.32. The van der Waals surface area contributed by atoms with Gasteiger partial charge in [-0.15, -0.1) is 0 Å². The molecule has 13 heavy (non-hydrogen) atoms. The van der Waals surface area contributed by atoms with Gasteiger partial charge in [-0.1, -0.05) is 27.7 Å². The van der Waals surface area contributed by atoms with Crippen LogP contribution >= 0.6 is 0 Å². The van der Waals surface area contributed by atoms with E-state index < -0.39 is 0 Å². The summed E-state index contributed by atoms with van der Waals surface area (Å²) in [7, 11) is 0. The Morgan fingerprint density at radius 2 is 1.69 bits per heavy atom. The Bertz CT molecular complexity index is 207. The summed E-state index contributed by atoms with van der Waals surface area (Å²) in [5, 5.41) is 12.3. The van der Waals surface area contributed by atoms with E-state index in [1.54, 1.807) is 0 Å². The minimum atomic E-state index is 0.248. The summed E-state index contributed by atoms with van der Waals surface area (Å²) < 4.78 is 0. The number of hydrogen-bond donors (Lipinski definition) is 1. The van der Waals surface area contributed by atoms with Crippen molar-refractivity contribution in [2.75, 3.05) is 13.1 Å². The largest absolute Gasteiger partial charge is 0.316 e. The molecule has 1 saturated heterocycles. The van der Waals surface area contributed by atoms with Crippen LogP contribution in [0.25, 0.3) is 0 Å². The van der Waals surface area contributed by atoms with Crippen molar-refractivity contribution in [1.29, 1.82) is 5.26 Å². The number of piperidine rings is 1. The van der Waals surface area contributed by atoms with Gasteiger partial charge in [0.05, 0.1) is 6.07 Å². The second kappa shape index (κ2) is 3.31. The number of nitrogens with zero attached hydrogens (tertiary/aromatic N) is 1. The monoisotopic (exact) mass is 180 g/mol. The lowest BCUT2D eigenvalue weighted by Gasteiger charge is -2.48. The van der Waals surface area contributed by atoms with E-state index in [4.69, 9.17) is 5.26 Å². The Balaban J connectivity index is 2.85. The van der Waals surface area contributed by atoms with E-state index in [2.05, 4.69) is 39.1 Å². The molecule has 1 aliphatic heterocycles. The molecule has 0 spiro atoms. The van der Waals surface area contributed by atoms with Gasteiger partial charge >= 0.3 is 0 Å². The second-order valence-electron chi connectivity index (χ2n) is 5.50. The first-order valence-corrected chi connectivity index (χ1v) is 4.98. The van der Waals surface area contributed by atoms with Crippen LogP contribution in [-0.4, -0.2) is 13.1 Å². The zero-order valence-electron chi connectivity index (χ0n) is 9.15. The average molecular weight is 180 g/mol. The van der Waals surface area contributed by atoms with Crippen molar-refractivity contribution in [2.45, 2.75) is 34.1 Å². The van der Waals surface area contributed by atoms with Crippen LogP contribution in [0.3, 0.4) is 0 Å². The molecule has 0 saturated carbocycles. The van der Waals surface area contributed by atoms with Crippen molar-refractivity contribution in [1.82, 2.24) is 5.32 Å². The van der Waals surface area contributed by atoms with Gasteiger partial charge in [0.15, 0.2) is 0 Å². The molecule has 0 aromatic rings. The first kappa shape index (κ1) is 10.5. The quantitative estimate of drug-likeness (QED) is 0.671. The summed E-state index contributed by atoms with van der Waals surface area (Å²) in [6.45, 7) is 11.1. The van der Waals surface area contributed by atoms with Gasteiger partial charge in [0.1, 0.15) is 0 Å². The number of nitrogens with one attached hydrogen (secondary N) is 1. The average Bonchev–Trinajstić information content (AvgIpc) is 1.96. The van der Waals surface area contributed by atoms with Gasteiger partial charge in [-0.2, -0.15) is 5.26 Å². The Hall–Kier alpha value is -0.550. The summed E-state index contributed by atoms with van der Waals surface area (Å²) >= 11 is 0. The fourth-order valence-corrected chi connectivity index (χ4v) is 2.65. The molecular formula is C11H20N2. The van der Waals surface area contributed by atoms with E-state index in [1.807, 2.05) is 0 Å². The predicted octanol–water partition coefficient (Wildman–Crippen LogP) is 2.17. The summed E-state index contributed by atoms with van der Waals surface area (Å²) in [5.41, 5.74) is 0.495. The molecule has 0 unspecified atom stereocenters. The third kappa shape index (κ3) is 2.03. The van der Waals surface area contributed by atoms with E-state index in [9.17, 15) is 0 Å². The molecule has 0 radical (unpaired) electrons. The van der Waals surface area contributed by atoms with Gasteiger partial charge in [0.25, 0.3) is 0 Å². The molecule has 1 heterocycles. The molecule has 0 atom stereocenters. The molecule has 0 bridgehead atoms. The maximum Gasteiger partial charge on any atom is 0.0625 e. The van der Waals surface area contributed by atoms with Crippen LogP contribution in [0.5, 0.6) is 0 Å². The van der Waals surface area contributed by atoms with Crippen LogP contribution in [0.4, 0.5) is 0 Å². The highest BCUT2D eigenvalue weighted by atomic mass is 14.9. The van der Waals surface area contributed by atoms with E-state index in [1.165, 1.54) is 0 Å². The van der Waals surface area contributed by atoms with Crippen molar-refractivity contribution in [3.63, 3.8) is 0 Å². The highest BCUT2D eigenvalue weighted by Gasteiger charge is 2.43. The standard InChI is InChI=1S/C11H20N2/c1-10(2)7-13-8-11(3,4)9(10)5-6-12/h9,13H,5,7-8H2,1-4H3. The van der Waals surface area contributed by atoms with Crippen LogP contribution < -0.4 is 5.32 Å². The van der Waals surface area contributed by atoms with E-state index >= 15 is 0 Å². The van der Waals surface area contributed by atoms with Gasteiger partial charge in [0, 0.05) is 19.5 Å². The zero-order chi connectivity index (χ0) is 10.1. The lowest BCUT2D eigenvalue weighted by atomic mass is 9.61. The molecule has 0 amide bonds. The van der Waals surface area contributed by atoms with E-state index in [0.717, 1.165) is 13.1 Å². The molecule has 0 aromatic carbocycles. The Morgan fingerprint density at radius 1 is 1.23 bits per heavy atom. The van der Waals surface area contributed by atoms with Crippen molar-refractivity contribution in [2.24, 2.45) is 16.7 Å². The molecule has 2 heteroatoms. The van der Waals surface area contributed by atoms with Gasteiger partial charge in [0.2, 0.25) is 0 Å². The third-order valence-electron chi connectivity index (χ3n) is 3.34. The van der Waals surface area contributed by atoms with Crippen molar-refractivity contribution < 1.29 is 0 Å². The van der Waals surface area contributed by atoms with Gasteiger partial charge in [-0.25, -0.2) is 0 Å². The first-order valence-electron chi connectivity index (χ1n) is 4.98. The Morgan fingerprint density at radius 3 is 2.08 bits per heavy atom. The van der Waals surface area contributed by atoms with Crippen LogP contribution in [0.1, 0.15) is 34.1 Å². The minimum absolute atomic E-state index is 0.248.